The lowest BCUT2D eigenvalue weighted by Gasteiger charge is -2.37. The first-order valence-electron chi connectivity index (χ1n) is 9.54. The van der Waals surface area contributed by atoms with Crippen molar-refractivity contribution in [3.8, 4) is 0 Å². The van der Waals surface area contributed by atoms with Crippen molar-refractivity contribution in [3.63, 3.8) is 0 Å². The Labute approximate surface area is 167 Å². The number of hydrogen-bond acceptors (Lipinski definition) is 4. The van der Waals surface area contributed by atoms with Gasteiger partial charge in [-0.3, -0.25) is 9.59 Å². The molecule has 2 fully saturated rings. The van der Waals surface area contributed by atoms with E-state index in [-0.39, 0.29) is 16.6 Å². The molecule has 1 unspecified atom stereocenters. The maximum Gasteiger partial charge on any atom is 0.274 e. The van der Waals surface area contributed by atoms with Gasteiger partial charge in [-0.25, -0.2) is 0 Å². The van der Waals surface area contributed by atoms with Crippen LogP contribution >= 0.6 is 15.9 Å². The molecule has 1 aromatic rings. The maximum atomic E-state index is 13.1. The van der Waals surface area contributed by atoms with Crippen molar-refractivity contribution in [2.45, 2.75) is 24.1 Å². The molecule has 3 aliphatic heterocycles. The van der Waals surface area contributed by atoms with Crippen LogP contribution in [0, 0.1) is 0 Å². The number of ether oxygens (including phenoxy) is 1. The predicted molar refractivity (Wildman–Crippen MR) is 108 cm³/mol. The maximum absolute atomic E-state index is 13.1. The van der Waals surface area contributed by atoms with E-state index in [9.17, 15) is 9.59 Å². The molecule has 144 valence electrons. The number of morpholine rings is 1. The highest BCUT2D eigenvalue weighted by Crippen LogP contribution is 2.29. The van der Waals surface area contributed by atoms with Gasteiger partial charge < -0.3 is 19.4 Å². The van der Waals surface area contributed by atoms with E-state index in [1.165, 1.54) is 0 Å². The second-order valence-corrected chi connectivity index (χ2v) is 8.28. The molecule has 0 saturated carbocycles. The molecule has 0 aromatic heterocycles. The van der Waals surface area contributed by atoms with Crippen LogP contribution in [0.4, 0.5) is 11.4 Å². The van der Waals surface area contributed by atoms with Crippen LogP contribution in [0.2, 0.25) is 0 Å². The molecule has 0 aliphatic carbocycles. The van der Waals surface area contributed by atoms with Crippen molar-refractivity contribution in [1.82, 2.24) is 4.90 Å². The number of carbonyl (C=O) groups excluding carboxylic acids is 2. The van der Waals surface area contributed by atoms with Crippen LogP contribution < -0.4 is 9.80 Å². The molecular weight excluding hydrogens is 410 g/mol. The average Bonchev–Trinajstić information content (AvgIpc) is 2.71. The van der Waals surface area contributed by atoms with Gasteiger partial charge in [0.05, 0.1) is 18.0 Å². The number of rotatable bonds is 3. The minimum Gasteiger partial charge on any atom is -0.378 e. The Morgan fingerprint density at radius 2 is 1.59 bits per heavy atom. The first-order valence-corrected chi connectivity index (χ1v) is 10.5. The van der Waals surface area contributed by atoms with E-state index in [1.807, 2.05) is 40.1 Å². The Kier molecular flexibility index (Phi) is 5.50. The van der Waals surface area contributed by atoms with E-state index in [0.29, 0.717) is 26.2 Å². The summed E-state index contributed by atoms with van der Waals surface area (Å²) in [5.74, 6) is 0.204. The van der Waals surface area contributed by atoms with Crippen molar-refractivity contribution in [2.75, 3.05) is 49.2 Å². The van der Waals surface area contributed by atoms with E-state index < -0.39 is 0 Å². The third-order valence-electron chi connectivity index (χ3n) is 5.31. The zero-order valence-electron chi connectivity index (χ0n) is 15.3. The number of piperidine rings is 1. The monoisotopic (exact) mass is 433 g/mol. The normalized spacial score (nSPS) is 24.3. The smallest absolute Gasteiger partial charge is 0.274 e. The topological polar surface area (TPSA) is 53.1 Å². The van der Waals surface area contributed by atoms with Crippen LogP contribution in [0.15, 0.2) is 36.0 Å². The van der Waals surface area contributed by atoms with Crippen molar-refractivity contribution < 1.29 is 14.3 Å². The quantitative estimate of drug-likeness (QED) is 0.687. The molecule has 1 aromatic carbocycles. The Morgan fingerprint density at radius 1 is 0.926 bits per heavy atom. The first-order chi connectivity index (χ1) is 13.1. The number of anilines is 2. The highest BCUT2D eigenvalue weighted by molar-refractivity contribution is 9.09. The predicted octanol–water partition coefficient (Wildman–Crippen LogP) is 2.53. The van der Waals surface area contributed by atoms with Crippen molar-refractivity contribution in [3.05, 3.63) is 36.0 Å². The van der Waals surface area contributed by atoms with E-state index >= 15 is 0 Å². The molecule has 1 atom stereocenters. The van der Waals surface area contributed by atoms with Crippen LogP contribution in [0.25, 0.3) is 0 Å². The summed E-state index contributed by atoms with van der Waals surface area (Å²) >= 11 is 3.66. The van der Waals surface area contributed by atoms with Crippen molar-refractivity contribution in [1.29, 1.82) is 0 Å². The number of carbonyl (C=O) groups is 2. The molecule has 27 heavy (non-hydrogen) atoms. The molecule has 6 nitrogen and oxygen atoms in total. The zero-order chi connectivity index (χ0) is 18.8. The number of hydrogen-bond donors (Lipinski definition) is 0. The van der Waals surface area contributed by atoms with Gasteiger partial charge in [0, 0.05) is 44.0 Å². The van der Waals surface area contributed by atoms with Gasteiger partial charge >= 0.3 is 0 Å². The standard InChI is InChI=1S/C20H24BrN3O3/c21-15-13-18(22-9-11-27-12-10-22)20(26)24(14-15)17-6-4-16(5-7-17)23-8-2-1-3-19(23)25/h4-7,13,15H,1-3,8-12,14H2. The summed E-state index contributed by atoms with van der Waals surface area (Å²) in [5.41, 5.74) is 2.51. The highest BCUT2D eigenvalue weighted by Gasteiger charge is 2.31. The van der Waals surface area contributed by atoms with Gasteiger partial charge in [-0.2, -0.15) is 0 Å². The Balaban J connectivity index is 1.53. The molecule has 2 saturated heterocycles. The number of alkyl halides is 1. The Hall–Kier alpha value is -1.86. The van der Waals surface area contributed by atoms with Crippen molar-refractivity contribution >= 4 is 39.1 Å². The molecule has 7 heteroatoms. The zero-order valence-corrected chi connectivity index (χ0v) is 16.9. The molecule has 3 heterocycles. The number of nitrogens with zero attached hydrogens (tertiary/aromatic N) is 3. The molecular formula is C20H24BrN3O3. The number of halogens is 1. The minimum atomic E-state index is 0.0226. The fourth-order valence-corrected chi connectivity index (χ4v) is 4.39. The lowest BCUT2D eigenvalue weighted by atomic mass is 10.1. The largest absolute Gasteiger partial charge is 0.378 e. The molecule has 0 spiro atoms. The lowest BCUT2D eigenvalue weighted by molar-refractivity contribution is -0.119. The minimum absolute atomic E-state index is 0.0226. The Morgan fingerprint density at radius 3 is 2.26 bits per heavy atom. The van der Waals surface area contributed by atoms with Crippen LogP contribution in [0.1, 0.15) is 19.3 Å². The number of amides is 2. The van der Waals surface area contributed by atoms with Crippen LogP contribution in [-0.2, 0) is 14.3 Å². The summed E-state index contributed by atoms with van der Waals surface area (Å²) in [5, 5.41) is 0. The summed E-state index contributed by atoms with van der Waals surface area (Å²) < 4.78 is 5.41. The third kappa shape index (κ3) is 3.89. The van der Waals surface area contributed by atoms with Gasteiger partial charge in [-0.15, -0.1) is 0 Å². The van der Waals surface area contributed by atoms with E-state index in [4.69, 9.17) is 4.74 Å². The van der Waals surface area contributed by atoms with Gasteiger partial charge in [-0.1, -0.05) is 15.9 Å². The second kappa shape index (κ2) is 8.02. The molecule has 0 bridgehead atoms. The van der Waals surface area contributed by atoms with Crippen molar-refractivity contribution in [2.24, 2.45) is 0 Å². The number of benzene rings is 1. The van der Waals surface area contributed by atoms with Crippen LogP contribution in [0.3, 0.4) is 0 Å². The summed E-state index contributed by atoms with van der Waals surface area (Å²) in [6.07, 6.45) is 4.63. The summed E-state index contributed by atoms with van der Waals surface area (Å²) in [7, 11) is 0. The molecule has 2 amide bonds. The second-order valence-electron chi connectivity index (χ2n) is 7.10. The molecule has 0 radical (unpaired) electrons. The fraction of sp³-hybridized carbons (Fsp3) is 0.500. The summed E-state index contributed by atoms with van der Waals surface area (Å²) in [6, 6.07) is 7.78. The third-order valence-corrected chi connectivity index (χ3v) is 5.86. The van der Waals surface area contributed by atoms with Crippen LogP contribution in [0.5, 0.6) is 0 Å². The van der Waals surface area contributed by atoms with Gasteiger partial charge in [0.1, 0.15) is 5.70 Å². The lowest BCUT2D eigenvalue weighted by Crippen LogP contribution is -2.47. The fourth-order valence-electron chi connectivity index (χ4n) is 3.85. The summed E-state index contributed by atoms with van der Waals surface area (Å²) in [4.78, 5) is 31.1. The van der Waals surface area contributed by atoms with Gasteiger partial charge in [-0.05, 0) is 43.2 Å². The van der Waals surface area contributed by atoms with Gasteiger partial charge in [0.25, 0.3) is 5.91 Å². The van der Waals surface area contributed by atoms with Gasteiger partial charge in [0.2, 0.25) is 5.91 Å². The Bertz CT molecular complexity index is 743. The average molecular weight is 434 g/mol. The molecule has 0 N–H and O–H groups in total. The highest BCUT2D eigenvalue weighted by atomic mass is 79.9. The summed E-state index contributed by atoms with van der Waals surface area (Å²) in [6.45, 7) is 4.14. The first kappa shape index (κ1) is 18.5. The van der Waals surface area contributed by atoms with Gasteiger partial charge in [0.15, 0.2) is 0 Å². The SMILES string of the molecule is O=C1CCCCN1c1ccc(N2CC(Br)C=C(N3CCOCC3)C2=O)cc1. The molecule has 3 aliphatic rings. The van der Waals surface area contributed by atoms with Crippen LogP contribution in [-0.4, -0.2) is 60.9 Å². The molecule has 4 rings (SSSR count). The van der Waals surface area contributed by atoms with E-state index in [2.05, 4.69) is 20.8 Å². The van der Waals surface area contributed by atoms with E-state index in [1.54, 1.807) is 0 Å². The van der Waals surface area contributed by atoms with E-state index in [0.717, 1.165) is 49.5 Å².